The molecule has 0 amide bonds. The number of anilines is 1. The summed E-state index contributed by atoms with van der Waals surface area (Å²) in [5, 5.41) is 3.71. The van der Waals surface area contributed by atoms with E-state index in [1.165, 1.54) is 6.07 Å². The van der Waals surface area contributed by atoms with Crippen LogP contribution < -0.4 is 4.90 Å². The predicted octanol–water partition coefficient (Wildman–Crippen LogP) is 2.61. The average Bonchev–Trinajstić information content (AvgIpc) is 2.76. The van der Waals surface area contributed by atoms with Crippen LogP contribution in [0.25, 0.3) is 0 Å². The zero-order valence-corrected chi connectivity index (χ0v) is 10.5. The molecule has 2 aromatic rings. The Bertz CT molecular complexity index is 612. The largest absolute Gasteiger partial charge is 0.362 e. The molecule has 0 N–H and O–H groups in total. The molecular formula is C13H13F2N3O. The molecule has 0 spiro atoms. The number of halogens is 2. The van der Waals surface area contributed by atoms with E-state index in [1.807, 2.05) is 4.90 Å². The van der Waals surface area contributed by atoms with Crippen molar-refractivity contribution in [2.45, 2.75) is 26.3 Å². The van der Waals surface area contributed by atoms with E-state index in [-0.39, 0.29) is 0 Å². The van der Waals surface area contributed by atoms with Crippen LogP contribution in [0.5, 0.6) is 0 Å². The van der Waals surface area contributed by atoms with Gasteiger partial charge in [-0.3, -0.25) is 0 Å². The fourth-order valence-corrected chi connectivity index (χ4v) is 2.42. The summed E-state index contributed by atoms with van der Waals surface area (Å²) in [6.45, 7) is 2.82. The van der Waals surface area contributed by atoms with E-state index in [1.54, 1.807) is 6.92 Å². The number of benzene rings is 1. The summed E-state index contributed by atoms with van der Waals surface area (Å²) in [5.74, 6) is -0.0426. The Hall–Kier alpha value is -1.98. The zero-order chi connectivity index (χ0) is 13.4. The molecule has 0 bridgehead atoms. The Morgan fingerprint density at radius 3 is 2.95 bits per heavy atom. The molecule has 4 nitrogen and oxygen atoms in total. The first kappa shape index (κ1) is 12.1. The van der Waals surface area contributed by atoms with Gasteiger partial charge in [0.1, 0.15) is 11.6 Å². The van der Waals surface area contributed by atoms with Crippen LogP contribution in [0.2, 0.25) is 0 Å². The fraction of sp³-hybridized carbons (Fsp3) is 0.385. The Kier molecular flexibility index (Phi) is 2.93. The van der Waals surface area contributed by atoms with Gasteiger partial charge < -0.3 is 9.42 Å². The number of hydrogen-bond donors (Lipinski definition) is 0. The predicted molar refractivity (Wildman–Crippen MR) is 64.8 cm³/mol. The van der Waals surface area contributed by atoms with E-state index in [9.17, 15) is 8.78 Å². The molecule has 1 aliphatic rings. The molecule has 1 aromatic heterocycles. The van der Waals surface area contributed by atoms with E-state index in [2.05, 4.69) is 10.1 Å². The summed E-state index contributed by atoms with van der Waals surface area (Å²) in [6, 6.07) is 2.29. The van der Waals surface area contributed by atoms with Gasteiger partial charge >= 0.3 is 0 Å². The second kappa shape index (κ2) is 4.60. The minimum Gasteiger partial charge on any atom is -0.362 e. The second-order valence-corrected chi connectivity index (χ2v) is 4.65. The topological polar surface area (TPSA) is 42.2 Å². The van der Waals surface area contributed by atoms with Crippen molar-refractivity contribution in [1.82, 2.24) is 10.1 Å². The molecule has 0 atom stereocenters. The van der Waals surface area contributed by atoms with E-state index in [4.69, 9.17) is 4.52 Å². The molecule has 0 saturated heterocycles. The van der Waals surface area contributed by atoms with Gasteiger partial charge in [-0.15, -0.1) is 0 Å². The highest BCUT2D eigenvalue weighted by Gasteiger charge is 2.22. The first-order valence-corrected chi connectivity index (χ1v) is 6.15. The van der Waals surface area contributed by atoms with Crippen molar-refractivity contribution in [3.63, 3.8) is 0 Å². The van der Waals surface area contributed by atoms with Crippen LogP contribution >= 0.6 is 0 Å². The summed E-state index contributed by atoms with van der Waals surface area (Å²) in [7, 11) is 0. The average molecular weight is 265 g/mol. The number of aryl methyl sites for hydroxylation is 1. The molecule has 0 radical (unpaired) electrons. The molecule has 100 valence electrons. The summed E-state index contributed by atoms with van der Waals surface area (Å²) in [6.07, 6.45) is 1.45. The van der Waals surface area contributed by atoms with Crippen molar-refractivity contribution in [2.24, 2.45) is 0 Å². The second-order valence-electron chi connectivity index (χ2n) is 4.65. The van der Waals surface area contributed by atoms with Crippen LogP contribution in [0.1, 0.15) is 23.7 Å². The number of rotatable bonds is 2. The number of hydrogen-bond acceptors (Lipinski definition) is 4. The molecule has 0 saturated carbocycles. The van der Waals surface area contributed by atoms with Crippen molar-refractivity contribution < 1.29 is 13.3 Å². The number of fused-ring (bicyclic) bond motifs is 1. The lowest BCUT2D eigenvalue weighted by molar-refractivity contribution is 0.371. The van der Waals surface area contributed by atoms with Crippen LogP contribution in [0.3, 0.4) is 0 Å². The van der Waals surface area contributed by atoms with Gasteiger partial charge in [-0.1, -0.05) is 5.16 Å². The summed E-state index contributed by atoms with van der Waals surface area (Å²) in [4.78, 5) is 5.99. The minimum atomic E-state index is -0.565. The highest BCUT2D eigenvalue weighted by molar-refractivity contribution is 5.56. The molecule has 6 heteroatoms. The lowest BCUT2D eigenvalue weighted by Gasteiger charge is -2.30. The quantitative estimate of drug-likeness (QED) is 0.837. The fourth-order valence-electron chi connectivity index (χ4n) is 2.42. The van der Waals surface area contributed by atoms with Crippen molar-refractivity contribution in [1.29, 1.82) is 0 Å². The number of nitrogens with zero attached hydrogens (tertiary/aromatic N) is 3. The molecule has 0 fully saturated rings. The maximum atomic E-state index is 13.7. The first-order valence-electron chi connectivity index (χ1n) is 6.15. The summed E-state index contributed by atoms with van der Waals surface area (Å²) >= 11 is 0. The Morgan fingerprint density at radius 1 is 1.37 bits per heavy atom. The molecule has 0 unspecified atom stereocenters. The van der Waals surface area contributed by atoms with Crippen molar-refractivity contribution in [3.05, 3.63) is 41.0 Å². The third-order valence-electron chi connectivity index (χ3n) is 3.23. The van der Waals surface area contributed by atoms with Crippen molar-refractivity contribution >= 4 is 5.69 Å². The van der Waals surface area contributed by atoms with Crippen LogP contribution in [0.15, 0.2) is 16.7 Å². The van der Waals surface area contributed by atoms with Gasteiger partial charge in [0.15, 0.2) is 5.82 Å². The molecule has 19 heavy (non-hydrogen) atoms. The Balaban J connectivity index is 1.93. The van der Waals surface area contributed by atoms with Gasteiger partial charge in [0.05, 0.1) is 6.54 Å². The zero-order valence-electron chi connectivity index (χ0n) is 10.5. The minimum absolute atomic E-state index is 0.372. The van der Waals surface area contributed by atoms with E-state index in [0.29, 0.717) is 35.9 Å². The van der Waals surface area contributed by atoms with Gasteiger partial charge in [0, 0.05) is 23.9 Å². The highest BCUT2D eigenvalue weighted by Crippen LogP contribution is 2.31. The maximum absolute atomic E-state index is 13.7. The van der Waals surface area contributed by atoms with Gasteiger partial charge in [-0.05, 0) is 25.8 Å². The van der Waals surface area contributed by atoms with Gasteiger partial charge in [-0.25, -0.2) is 8.78 Å². The lowest BCUT2D eigenvalue weighted by atomic mass is 10.0. The Labute approximate surface area is 109 Å². The van der Waals surface area contributed by atoms with Crippen LogP contribution in [-0.4, -0.2) is 16.7 Å². The third kappa shape index (κ3) is 2.30. The third-order valence-corrected chi connectivity index (χ3v) is 3.23. The number of aromatic nitrogens is 2. The van der Waals surface area contributed by atoms with Crippen molar-refractivity contribution in [2.75, 3.05) is 11.4 Å². The maximum Gasteiger partial charge on any atom is 0.246 e. The molecule has 1 aromatic carbocycles. The van der Waals surface area contributed by atoms with E-state index in [0.717, 1.165) is 19.0 Å². The molecule has 3 rings (SSSR count). The summed E-state index contributed by atoms with van der Waals surface area (Å²) < 4.78 is 32.1. The SMILES string of the molecule is Cc1noc(CN2CCCc3c(F)cc(F)cc32)n1. The standard InChI is InChI=1S/C13H13F2N3O/c1-8-16-13(19-17-8)7-18-4-2-3-10-11(15)5-9(14)6-12(10)18/h5-6H,2-4,7H2,1H3. The summed E-state index contributed by atoms with van der Waals surface area (Å²) in [5.41, 5.74) is 1.14. The lowest BCUT2D eigenvalue weighted by Crippen LogP contribution is -2.29. The van der Waals surface area contributed by atoms with Crippen LogP contribution in [0.4, 0.5) is 14.5 Å². The van der Waals surface area contributed by atoms with Crippen molar-refractivity contribution in [3.8, 4) is 0 Å². The van der Waals surface area contributed by atoms with E-state index >= 15 is 0 Å². The molecule has 1 aliphatic heterocycles. The monoisotopic (exact) mass is 265 g/mol. The normalized spacial score (nSPS) is 14.6. The molecule has 0 aliphatic carbocycles. The van der Waals surface area contributed by atoms with Gasteiger partial charge in [0.2, 0.25) is 5.89 Å². The van der Waals surface area contributed by atoms with E-state index < -0.39 is 11.6 Å². The smallest absolute Gasteiger partial charge is 0.246 e. The van der Waals surface area contributed by atoms with Gasteiger partial charge in [0.25, 0.3) is 0 Å². The van der Waals surface area contributed by atoms with Crippen LogP contribution in [0, 0.1) is 18.6 Å². The first-order chi connectivity index (χ1) is 9.13. The highest BCUT2D eigenvalue weighted by atomic mass is 19.1. The molecular weight excluding hydrogens is 252 g/mol. The Morgan fingerprint density at radius 2 is 2.21 bits per heavy atom. The van der Waals surface area contributed by atoms with Gasteiger partial charge in [-0.2, -0.15) is 4.98 Å². The van der Waals surface area contributed by atoms with Crippen LogP contribution in [-0.2, 0) is 13.0 Å². The molecule has 2 heterocycles.